The fourth-order valence-corrected chi connectivity index (χ4v) is 3.05. The lowest BCUT2D eigenvalue weighted by molar-refractivity contribution is -0.0596. The quantitative estimate of drug-likeness (QED) is 0.205. The molecule has 0 radical (unpaired) electrons. The van der Waals surface area contributed by atoms with E-state index in [9.17, 15) is 4.79 Å². The van der Waals surface area contributed by atoms with Crippen molar-refractivity contribution < 1.29 is 18.7 Å². The fourth-order valence-electron chi connectivity index (χ4n) is 1.91. The molecule has 0 unspecified atom stereocenters. The van der Waals surface area contributed by atoms with Gasteiger partial charge in [0.1, 0.15) is 11.4 Å². The summed E-state index contributed by atoms with van der Waals surface area (Å²) in [4.78, 5) is 12.3. The first-order valence-corrected chi connectivity index (χ1v) is 12.2. The predicted octanol–water partition coefficient (Wildman–Crippen LogP) is 6.98. The highest BCUT2D eigenvalue weighted by Crippen LogP contribution is 2.40. The minimum Gasteiger partial charge on any atom is -0.544 e. The van der Waals surface area contributed by atoms with E-state index in [0.29, 0.717) is 12.2 Å². The number of allylic oxidation sites excluding steroid dienone is 2. The Bertz CT molecular complexity index is 531. The van der Waals surface area contributed by atoms with Crippen molar-refractivity contribution in [3.8, 4) is 0 Å². The van der Waals surface area contributed by atoms with E-state index in [1.165, 1.54) is 5.57 Å². The molecule has 26 heavy (non-hydrogen) atoms. The number of rotatable bonds is 7. The van der Waals surface area contributed by atoms with Crippen molar-refractivity contribution in [2.24, 2.45) is 0 Å². The molecule has 0 aliphatic rings. The highest BCUT2D eigenvalue weighted by Gasteiger charge is 2.43. The monoisotopic (exact) mass is 384 g/mol. The van der Waals surface area contributed by atoms with Gasteiger partial charge in [0.2, 0.25) is 8.32 Å². The van der Waals surface area contributed by atoms with Crippen molar-refractivity contribution in [2.45, 2.75) is 104 Å². The molecule has 0 fully saturated rings. The van der Waals surface area contributed by atoms with Gasteiger partial charge in [0.25, 0.3) is 0 Å². The number of hydrogen-bond donors (Lipinski definition) is 0. The molecule has 0 N–H and O–H groups in total. The average Bonchev–Trinajstić information content (AvgIpc) is 2.33. The van der Waals surface area contributed by atoms with Crippen LogP contribution < -0.4 is 0 Å². The summed E-state index contributed by atoms with van der Waals surface area (Å²) >= 11 is 0. The summed E-state index contributed by atoms with van der Waals surface area (Å²) in [7, 11) is -2.08. The highest BCUT2D eigenvalue weighted by atomic mass is 28.4. The molecule has 0 spiro atoms. The van der Waals surface area contributed by atoms with Gasteiger partial charge in [-0.1, -0.05) is 39.0 Å². The van der Waals surface area contributed by atoms with E-state index in [1.54, 1.807) is 0 Å². The molecule has 0 saturated heterocycles. The van der Waals surface area contributed by atoms with Gasteiger partial charge >= 0.3 is 6.16 Å². The Balaban J connectivity index is 5.46. The van der Waals surface area contributed by atoms with Crippen LogP contribution in [0.2, 0.25) is 18.1 Å². The van der Waals surface area contributed by atoms with Crippen LogP contribution in [0.1, 0.15) is 75.2 Å². The van der Waals surface area contributed by atoms with Crippen molar-refractivity contribution in [2.75, 3.05) is 0 Å². The number of ether oxygens (including phenoxy) is 2. The van der Waals surface area contributed by atoms with Gasteiger partial charge in [0.15, 0.2) is 5.60 Å². The van der Waals surface area contributed by atoms with Crippen LogP contribution in [-0.2, 0) is 13.9 Å². The molecule has 152 valence electrons. The first kappa shape index (κ1) is 24.8. The third kappa shape index (κ3) is 8.43. The normalized spacial score (nSPS) is 14.9. The van der Waals surface area contributed by atoms with Gasteiger partial charge < -0.3 is 13.9 Å². The van der Waals surface area contributed by atoms with Crippen molar-refractivity contribution in [3.05, 3.63) is 24.0 Å². The summed E-state index contributed by atoms with van der Waals surface area (Å²) in [6.45, 7) is 26.3. The second-order valence-electron chi connectivity index (χ2n) is 9.90. The molecule has 0 bridgehead atoms. The predicted molar refractivity (Wildman–Crippen MR) is 112 cm³/mol. The summed E-state index contributed by atoms with van der Waals surface area (Å²) in [5, 5.41) is 0.0304. The molecule has 0 aromatic heterocycles. The first-order valence-electron chi connectivity index (χ1n) is 9.33. The zero-order valence-corrected chi connectivity index (χ0v) is 19.8. The largest absolute Gasteiger partial charge is 0.544 e. The van der Waals surface area contributed by atoms with E-state index in [4.69, 9.17) is 13.9 Å². The molecule has 0 rings (SSSR count). The Labute approximate surface area is 162 Å². The van der Waals surface area contributed by atoms with Gasteiger partial charge in [0.05, 0.1) is 0 Å². The highest BCUT2D eigenvalue weighted by molar-refractivity contribution is 6.74. The topological polar surface area (TPSA) is 44.8 Å². The summed E-state index contributed by atoms with van der Waals surface area (Å²) in [5.74, 6) is 0.497. The average molecular weight is 385 g/mol. The van der Waals surface area contributed by atoms with Crippen LogP contribution in [0.5, 0.6) is 0 Å². The number of carbonyl (C=O) groups excluding carboxylic acids is 1. The van der Waals surface area contributed by atoms with E-state index in [0.717, 1.165) is 6.42 Å². The Kier molecular flexibility index (Phi) is 8.23. The second kappa shape index (κ2) is 8.64. The summed E-state index contributed by atoms with van der Waals surface area (Å²) in [6, 6.07) is 0. The molecule has 0 aromatic rings. The second-order valence-corrected chi connectivity index (χ2v) is 14.6. The molecular formula is C21H40O4Si. The molecule has 4 nitrogen and oxygen atoms in total. The van der Waals surface area contributed by atoms with Crippen LogP contribution in [0.25, 0.3) is 0 Å². The van der Waals surface area contributed by atoms with Gasteiger partial charge in [0, 0.05) is 0 Å². The summed E-state index contributed by atoms with van der Waals surface area (Å²) < 4.78 is 17.4. The molecule has 0 aliphatic heterocycles. The molecule has 0 heterocycles. The molecule has 0 amide bonds. The lowest BCUT2D eigenvalue weighted by atomic mass is 9.97. The maximum absolute atomic E-state index is 12.3. The molecular weight excluding hydrogens is 344 g/mol. The van der Waals surface area contributed by atoms with Crippen molar-refractivity contribution in [1.29, 1.82) is 0 Å². The summed E-state index contributed by atoms with van der Waals surface area (Å²) in [5.41, 5.74) is -0.330. The Morgan fingerprint density at radius 3 is 1.88 bits per heavy atom. The van der Waals surface area contributed by atoms with Crippen LogP contribution in [0.4, 0.5) is 4.79 Å². The van der Waals surface area contributed by atoms with Gasteiger partial charge in [-0.2, -0.15) is 0 Å². The van der Waals surface area contributed by atoms with E-state index < -0.39 is 25.7 Å². The number of hydrogen-bond acceptors (Lipinski definition) is 4. The zero-order valence-electron chi connectivity index (χ0n) is 18.8. The SMILES string of the molecule is C=C(O[Si](C)(C)C(C)(C)C)[C@@](C)(CCC=C(C)C)OC(=O)OC(C)(C)C. The first-order chi connectivity index (χ1) is 11.4. The standard InChI is InChI=1S/C21H40O4Si/c1-16(2)14-13-15-21(10,24-18(22)23-19(4,5)6)17(3)25-26(11,12)20(7,8)9/h14H,3,13,15H2,1-2,4-12H3/t21-/m1/s1. The van der Waals surface area contributed by atoms with Gasteiger partial charge in [-0.25, -0.2) is 4.79 Å². The van der Waals surface area contributed by atoms with Crippen LogP contribution in [0.3, 0.4) is 0 Å². The number of carbonyl (C=O) groups is 1. The van der Waals surface area contributed by atoms with Crippen LogP contribution in [-0.4, -0.2) is 25.7 Å². The van der Waals surface area contributed by atoms with E-state index >= 15 is 0 Å². The zero-order chi connectivity index (χ0) is 21.0. The Hall–Kier alpha value is -1.23. The maximum Gasteiger partial charge on any atom is 0.509 e. The summed E-state index contributed by atoms with van der Waals surface area (Å²) in [6.07, 6.45) is 2.78. The molecule has 0 aromatic carbocycles. The van der Waals surface area contributed by atoms with Crippen LogP contribution in [0, 0.1) is 0 Å². The van der Waals surface area contributed by atoms with Crippen LogP contribution >= 0.6 is 0 Å². The molecule has 0 aliphatic carbocycles. The molecule has 1 atom stereocenters. The third-order valence-electron chi connectivity index (χ3n) is 4.65. The fraction of sp³-hybridized carbons (Fsp3) is 0.762. The lowest BCUT2D eigenvalue weighted by Crippen LogP contribution is -2.45. The van der Waals surface area contributed by atoms with Crippen molar-refractivity contribution >= 4 is 14.5 Å². The van der Waals surface area contributed by atoms with E-state index in [2.05, 4.69) is 46.5 Å². The van der Waals surface area contributed by atoms with E-state index in [-0.39, 0.29) is 5.04 Å². The Morgan fingerprint density at radius 1 is 1.00 bits per heavy atom. The maximum atomic E-state index is 12.3. The molecule has 0 saturated carbocycles. The lowest BCUT2D eigenvalue weighted by Gasteiger charge is -2.41. The van der Waals surface area contributed by atoms with Crippen molar-refractivity contribution in [3.63, 3.8) is 0 Å². The van der Waals surface area contributed by atoms with E-state index in [1.807, 2.05) is 41.5 Å². The smallest absolute Gasteiger partial charge is 0.509 e. The Morgan fingerprint density at radius 2 is 1.50 bits per heavy atom. The minimum atomic E-state index is -2.08. The minimum absolute atomic E-state index is 0.0304. The molecule has 5 heteroatoms. The van der Waals surface area contributed by atoms with Gasteiger partial charge in [-0.3, -0.25) is 0 Å². The van der Waals surface area contributed by atoms with Crippen molar-refractivity contribution in [1.82, 2.24) is 0 Å². The van der Waals surface area contributed by atoms with Crippen LogP contribution in [0.15, 0.2) is 24.0 Å². The third-order valence-corrected chi connectivity index (χ3v) is 9.02. The van der Waals surface area contributed by atoms with Gasteiger partial charge in [-0.05, 0) is 72.5 Å². The van der Waals surface area contributed by atoms with Gasteiger partial charge in [-0.15, -0.1) is 0 Å².